The highest BCUT2D eigenvalue weighted by Gasteiger charge is 2.11. The van der Waals surface area contributed by atoms with E-state index in [2.05, 4.69) is 0 Å². The fourth-order valence-electron chi connectivity index (χ4n) is 1.34. The topological polar surface area (TPSA) is 72.6 Å². The van der Waals surface area contributed by atoms with E-state index < -0.39 is 17.8 Å². The maximum absolute atomic E-state index is 13.3. The first-order valence-corrected chi connectivity index (χ1v) is 4.84. The summed E-state index contributed by atoms with van der Waals surface area (Å²) >= 11 is 0. The number of rotatable bonds is 5. The van der Waals surface area contributed by atoms with Crippen LogP contribution in [0.5, 0.6) is 5.75 Å². The van der Waals surface area contributed by atoms with Crippen LogP contribution in [0.4, 0.5) is 4.39 Å². The minimum absolute atomic E-state index is 0.0643. The Hall–Kier alpha value is -1.62. The lowest BCUT2D eigenvalue weighted by molar-refractivity contribution is -0.118. The number of hydrogen-bond donors (Lipinski definition) is 2. The van der Waals surface area contributed by atoms with Gasteiger partial charge in [-0.2, -0.15) is 0 Å². The molecule has 4 nitrogen and oxygen atoms in total. The van der Waals surface area contributed by atoms with Gasteiger partial charge < -0.3 is 15.6 Å². The smallest absolute Gasteiger partial charge is 0.217 e. The Morgan fingerprint density at radius 2 is 2.31 bits per heavy atom. The maximum atomic E-state index is 13.3. The molecular weight excluding hydrogens is 213 g/mol. The van der Waals surface area contributed by atoms with Crippen LogP contribution in [0.2, 0.25) is 0 Å². The van der Waals surface area contributed by atoms with E-state index in [1.54, 1.807) is 6.07 Å². The summed E-state index contributed by atoms with van der Waals surface area (Å²) in [6.07, 6.45) is -0.650. The van der Waals surface area contributed by atoms with E-state index in [4.69, 9.17) is 10.5 Å². The van der Waals surface area contributed by atoms with E-state index in [1.165, 1.54) is 19.2 Å². The van der Waals surface area contributed by atoms with Gasteiger partial charge in [0, 0.05) is 6.42 Å². The number of carbonyl (C=O) groups is 1. The molecule has 0 heterocycles. The van der Waals surface area contributed by atoms with Crippen molar-refractivity contribution in [3.63, 3.8) is 0 Å². The van der Waals surface area contributed by atoms with Crippen LogP contribution in [0.15, 0.2) is 18.2 Å². The van der Waals surface area contributed by atoms with Crippen LogP contribution in [-0.2, 0) is 4.79 Å². The second kappa shape index (κ2) is 5.46. The first-order chi connectivity index (χ1) is 7.54. The molecule has 0 radical (unpaired) electrons. The molecule has 1 rings (SSSR count). The molecule has 0 aliphatic carbocycles. The van der Waals surface area contributed by atoms with Gasteiger partial charge in [-0.1, -0.05) is 6.07 Å². The van der Waals surface area contributed by atoms with Gasteiger partial charge >= 0.3 is 0 Å². The third-order valence-corrected chi connectivity index (χ3v) is 2.22. The van der Waals surface area contributed by atoms with Gasteiger partial charge in [-0.15, -0.1) is 0 Å². The summed E-state index contributed by atoms with van der Waals surface area (Å²) in [4.78, 5) is 10.5. The molecule has 1 aromatic carbocycles. The predicted octanol–water partition coefficient (Wildman–Crippen LogP) is 1.13. The molecule has 88 valence electrons. The quantitative estimate of drug-likeness (QED) is 0.792. The Kier molecular flexibility index (Phi) is 4.25. The van der Waals surface area contributed by atoms with E-state index in [9.17, 15) is 14.3 Å². The summed E-state index contributed by atoms with van der Waals surface area (Å²) in [7, 11) is 1.36. The minimum Gasteiger partial charge on any atom is -0.494 e. The first kappa shape index (κ1) is 12.4. The highest BCUT2D eigenvalue weighted by atomic mass is 19.1. The van der Waals surface area contributed by atoms with Crippen LogP contribution in [0.1, 0.15) is 24.5 Å². The molecule has 0 aliphatic heterocycles. The lowest BCUT2D eigenvalue weighted by atomic mass is 10.0. The van der Waals surface area contributed by atoms with Crippen molar-refractivity contribution in [1.82, 2.24) is 0 Å². The summed E-state index contributed by atoms with van der Waals surface area (Å²) in [5.41, 5.74) is 5.35. The summed E-state index contributed by atoms with van der Waals surface area (Å²) < 4.78 is 18.0. The zero-order valence-corrected chi connectivity index (χ0v) is 8.94. The predicted molar refractivity (Wildman–Crippen MR) is 56.3 cm³/mol. The lowest BCUT2D eigenvalue weighted by Crippen LogP contribution is -2.12. The van der Waals surface area contributed by atoms with Gasteiger partial charge in [0.25, 0.3) is 0 Å². The van der Waals surface area contributed by atoms with Crippen LogP contribution in [0.25, 0.3) is 0 Å². The fraction of sp³-hybridized carbons (Fsp3) is 0.364. The van der Waals surface area contributed by atoms with Crippen molar-refractivity contribution >= 4 is 5.91 Å². The molecule has 0 bridgehead atoms. The Morgan fingerprint density at radius 3 is 2.81 bits per heavy atom. The number of primary amides is 1. The van der Waals surface area contributed by atoms with E-state index >= 15 is 0 Å². The Morgan fingerprint density at radius 1 is 1.62 bits per heavy atom. The molecule has 0 fully saturated rings. The van der Waals surface area contributed by atoms with Crippen molar-refractivity contribution in [2.45, 2.75) is 18.9 Å². The van der Waals surface area contributed by atoms with Crippen LogP contribution in [-0.4, -0.2) is 18.1 Å². The number of nitrogens with two attached hydrogens (primary N) is 1. The van der Waals surface area contributed by atoms with Gasteiger partial charge in [0.1, 0.15) is 0 Å². The number of aliphatic hydroxyl groups is 1. The zero-order chi connectivity index (χ0) is 12.1. The first-order valence-electron chi connectivity index (χ1n) is 4.84. The van der Waals surface area contributed by atoms with Gasteiger partial charge in [-0.3, -0.25) is 4.79 Å². The molecule has 5 heteroatoms. The average molecular weight is 227 g/mol. The standard InChI is InChI=1S/C11H14FNO3/c1-16-10-4-2-7(6-8(10)12)9(14)3-5-11(13)15/h2,4,6,9,14H,3,5H2,1H3,(H2,13,15). The largest absolute Gasteiger partial charge is 0.494 e. The molecule has 3 N–H and O–H groups in total. The summed E-state index contributed by atoms with van der Waals surface area (Å²) in [6.45, 7) is 0. The number of halogens is 1. The van der Waals surface area contributed by atoms with Gasteiger partial charge in [0.15, 0.2) is 11.6 Å². The molecule has 1 aromatic rings. The third kappa shape index (κ3) is 3.20. The summed E-state index contributed by atoms with van der Waals surface area (Å²) in [6, 6.07) is 4.16. The molecule has 0 saturated heterocycles. The molecule has 1 unspecified atom stereocenters. The van der Waals surface area contributed by atoms with Crippen molar-refractivity contribution in [3.8, 4) is 5.75 Å². The normalized spacial score (nSPS) is 12.2. The Labute approximate surface area is 92.8 Å². The van der Waals surface area contributed by atoms with E-state index in [0.29, 0.717) is 5.56 Å². The molecule has 1 amide bonds. The van der Waals surface area contributed by atoms with Gasteiger partial charge in [0.2, 0.25) is 5.91 Å². The summed E-state index contributed by atoms with van der Waals surface area (Å²) in [5.74, 6) is -0.919. The number of methoxy groups -OCH3 is 1. The monoisotopic (exact) mass is 227 g/mol. The number of benzene rings is 1. The molecular formula is C11H14FNO3. The van der Waals surface area contributed by atoms with Crippen molar-refractivity contribution in [3.05, 3.63) is 29.6 Å². The van der Waals surface area contributed by atoms with Crippen LogP contribution in [0, 0.1) is 5.82 Å². The lowest BCUT2D eigenvalue weighted by Gasteiger charge is -2.11. The highest BCUT2D eigenvalue weighted by Crippen LogP contribution is 2.24. The van der Waals surface area contributed by atoms with Crippen LogP contribution < -0.4 is 10.5 Å². The molecule has 16 heavy (non-hydrogen) atoms. The second-order valence-electron chi connectivity index (χ2n) is 3.41. The second-order valence-corrected chi connectivity index (χ2v) is 3.41. The number of ether oxygens (including phenoxy) is 1. The third-order valence-electron chi connectivity index (χ3n) is 2.22. The Balaban J connectivity index is 2.72. The van der Waals surface area contributed by atoms with E-state index in [-0.39, 0.29) is 18.6 Å². The molecule has 1 atom stereocenters. The molecule has 0 spiro atoms. The number of amides is 1. The van der Waals surface area contributed by atoms with E-state index in [0.717, 1.165) is 0 Å². The fourth-order valence-corrected chi connectivity index (χ4v) is 1.34. The number of hydrogen-bond acceptors (Lipinski definition) is 3. The van der Waals surface area contributed by atoms with Crippen molar-refractivity contribution in [2.24, 2.45) is 5.73 Å². The average Bonchev–Trinajstić information content (AvgIpc) is 2.25. The van der Waals surface area contributed by atoms with Crippen LogP contribution in [0.3, 0.4) is 0 Å². The van der Waals surface area contributed by atoms with Gasteiger partial charge in [-0.05, 0) is 24.1 Å². The minimum atomic E-state index is -0.895. The molecule has 0 aliphatic rings. The number of aliphatic hydroxyl groups excluding tert-OH is 1. The van der Waals surface area contributed by atoms with Crippen LogP contribution >= 0.6 is 0 Å². The van der Waals surface area contributed by atoms with E-state index in [1.807, 2.05) is 0 Å². The summed E-state index contributed by atoms with van der Waals surface area (Å²) in [5, 5.41) is 9.64. The van der Waals surface area contributed by atoms with Crippen molar-refractivity contribution in [1.29, 1.82) is 0 Å². The van der Waals surface area contributed by atoms with Gasteiger partial charge in [-0.25, -0.2) is 4.39 Å². The number of carbonyl (C=O) groups excluding carboxylic acids is 1. The zero-order valence-electron chi connectivity index (χ0n) is 8.94. The van der Waals surface area contributed by atoms with Crippen molar-refractivity contribution < 1.29 is 19.0 Å². The molecule has 0 saturated carbocycles. The molecule has 0 aromatic heterocycles. The van der Waals surface area contributed by atoms with Crippen molar-refractivity contribution in [2.75, 3.05) is 7.11 Å². The maximum Gasteiger partial charge on any atom is 0.217 e. The SMILES string of the molecule is COc1ccc(C(O)CCC(N)=O)cc1F. The highest BCUT2D eigenvalue weighted by molar-refractivity contribution is 5.73. The van der Waals surface area contributed by atoms with Gasteiger partial charge in [0.05, 0.1) is 13.2 Å². The Bertz CT molecular complexity index is 381.